The Bertz CT molecular complexity index is 430. The molecular formula is C15H23N3O. The zero-order valence-corrected chi connectivity index (χ0v) is 11.9. The molecule has 0 radical (unpaired) electrons. The van der Waals surface area contributed by atoms with E-state index in [0.29, 0.717) is 12.6 Å². The molecule has 0 aliphatic carbocycles. The highest BCUT2D eigenvalue weighted by molar-refractivity contribution is 5.82. The first-order valence-corrected chi connectivity index (χ1v) is 6.83. The Kier molecular flexibility index (Phi) is 4.22. The minimum atomic E-state index is -0.124. The summed E-state index contributed by atoms with van der Waals surface area (Å²) in [5.41, 5.74) is 7.26. The van der Waals surface area contributed by atoms with Crippen molar-refractivity contribution in [2.24, 2.45) is 0 Å². The van der Waals surface area contributed by atoms with Crippen LogP contribution >= 0.6 is 0 Å². The summed E-state index contributed by atoms with van der Waals surface area (Å²) >= 11 is 0. The minimum Gasteiger partial charge on any atom is -0.354 e. The summed E-state index contributed by atoms with van der Waals surface area (Å²) in [4.78, 5) is 12.1. The quantitative estimate of drug-likeness (QED) is 0.766. The molecule has 2 unspecified atom stereocenters. The van der Waals surface area contributed by atoms with Gasteiger partial charge < -0.3 is 5.32 Å². The lowest BCUT2D eigenvalue weighted by Gasteiger charge is -2.26. The smallest absolute Gasteiger partial charge is 0.238 e. The molecule has 1 saturated heterocycles. The van der Waals surface area contributed by atoms with E-state index < -0.39 is 0 Å². The van der Waals surface area contributed by atoms with Crippen LogP contribution in [0, 0.1) is 0 Å². The van der Waals surface area contributed by atoms with E-state index >= 15 is 0 Å². The van der Waals surface area contributed by atoms with Crippen LogP contribution in [0.3, 0.4) is 0 Å². The number of carbonyl (C=O) groups is 1. The minimum absolute atomic E-state index is 0.0609. The zero-order valence-electron chi connectivity index (χ0n) is 11.9. The van der Waals surface area contributed by atoms with E-state index in [2.05, 4.69) is 49.1 Å². The summed E-state index contributed by atoms with van der Waals surface area (Å²) < 4.78 is 0. The fourth-order valence-electron chi connectivity index (χ4n) is 2.31. The molecule has 104 valence electrons. The average molecular weight is 261 g/mol. The number of nitrogens with one attached hydrogen (secondary N) is 3. The molecule has 2 rings (SSSR count). The Morgan fingerprint density at radius 3 is 2.58 bits per heavy atom. The maximum atomic E-state index is 12.1. The van der Waals surface area contributed by atoms with E-state index in [-0.39, 0.29) is 17.4 Å². The molecule has 2 atom stereocenters. The molecule has 0 aromatic heterocycles. The Balaban J connectivity index is 1.89. The van der Waals surface area contributed by atoms with Gasteiger partial charge in [0, 0.05) is 18.0 Å². The summed E-state index contributed by atoms with van der Waals surface area (Å²) in [5.74, 6) is 0.0702. The van der Waals surface area contributed by atoms with Gasteiger partial charge in [-0.15, -0.1) is 0 Å². The number of carbonyl (C=O) groups excluding carboxylic acids is 1. The van der Waals surface area contributed by atoms with E-state index in [1.165, 1.54) is 5.56 Å². The molecule has 1 aliphatic rings. The van der Waals surface area contributed by atoms with Crippen molar-refractivity contribution in [3.63, 3.8) is 0 Å². The van der Waals surface area contributed by atoms with Gasteiger partial charge >= 0.3 is 0 Å². The first kappa shape index (κ1) is 14.0. The molecule has 19 heavy (non-hydrogen) atoms. The molecule has 1 heterocycles. The summed E-state index contributed by atoms with van der Waals surface area (Å²) in [6, 6.07) is 10.5. The van der Waals surface area contributed by atoms with Crippen LogP contribution in [0.5, 0.6) is 0 Å². The zero-order chi connectivity index (χ0) is 13.9. The number of hydrogen-bond donors (Lipinski definition) is 3. The third-order valence-electron chi connectivity index (χ3n) is 3.67. The maximum absolute atomic E-state index is 12.1. The molecule has 1 fully saturated rings. The molecular weight excluding hydrogens is 238 g/mol. The van der Waals surface area contributed by atoms with Gasteiger partial charge in [0.05, 0.1) is 0 Å². The van der Waals surface area contributed by atoms with Crippen LogP contribution in [-0.4, -0.2) is 24.5 Å². The van der Waals surface area contributed by atoms with Crippen molar-refractivity contribution in [3.05, 3.63) is 35.9 Å². The largest absolute Gasteiger partial charge is 0.354 e. The van der Waals surface area contributed by atoms with Gasteiger partial charge in [0.1, 0.15) is 6.04 Å². The second-order valence-corrected chi connectivity index (χ2v) is 5.95. The lowest BCUT2D eigenvalue weighted by molar-refractivity contribution is -0.123. The number of hydrazine groups is 1. The number of amides is 1. The highest BCUT2D eigenvalue weighted by Gasteiger charge is 2.28. The molecule has 1 aromatic rings. The fraction of sp³-hybridized carbons (Fsp3) is 0.533. The second-order valence-electron chi connectivity index (χ2n) is 5.95. The van der Waals surface area contributed by atoms with Gasteiger partial charge in [-0.25, -0.2) is 5.43 Å². The molecule has 1 amide bonds. The molecule has 1 aromatic carbocycles. The third kappa shape index (κ3) is 3.55. The second kappa shape index (κ2) is 5.72. The monoisotopic (exact) mass is 261 g/mol. The third-order valence-corrected chi connectivity index (χ3v) is 3.67. The van der Waals surface area contributed by atoms with Crippen LogP contribution in [0.25, 0.3) is 0 Å². The standard InChI is InChI=1S/C15H23N3O/c1-11-9-13(18-17-11)14(19)16-10-15(2,3)12-7-5-4-6-8-12/h4-8,11,13,17-18H,9-10H2,1-3H3,(H,16,19). The van der Waals surface area contributed by atoms with Gasteiger partial charge in [-0.05, 0) is 18.9 Å². The molecule has 4 heteroatoms. The lowest BCUT2D eigenvalue weighted by atomic mass is 9.84. The first-order valence-electron chi connectivity index (χ1n) is 6.83. The van der Waals surface area contributed by atoms with Gasteiger partial charge in [0.2, 0.25) is 5.91 Å². The van der Waals surface area contributed by atoms with Crippen LogP contribution in [0.4, 0.5) is 0 Å². The number of rotatable bonds is 4. The van der Waals surface area contributed by atoms with Crippen LogP contribution in [0.15, 0.2) is 30.3 Å². The SMILES string of the molecule is CC1CC(C(=O)NCC(C)(C)c2ccccc2)NN1. The summed E-state index contributed by atoms with van der Waals surface area (Å²) in [7, 11) is 0. The van der Waals surface area contributed by atoms with Crippen molar-refractivity contribution < 1.29 is 4.79 Å². The normalized spacial score (nSPS) is 23.3. The van der Waals surface area contributed by atoms with Crippen molar-refractivity contribution >= 4 is 5.91 Å². The topological polar surface area (TPSA) is 53.2 Å². The van der Waals surface area contributed by atoms with Gasteiger partial charge in [-0.1, -0.05) is 44.2 Å². The average Bonchev–Trinajstić information content (AvgIpc) is 2.84. The van der Waals surface area contributed by atoms with Crippen LogP contribution in [-0.2, 0) is 10.2 Å². The van der Waals surface area contributed by atoms with Crippen molar-refractivity contribution in [2.75, 3.05) is 6.54 Å². The predicted octanol–water partition coefficient (Wildman–Crippen LogP) is 1.34. The van der Waals surface area contributed by atoms with E-state index in [0.717, 1.165) is 6.42 Å². The Morgan fingerprint density at radius 2 is 2.00 bits per heavy atom. The van der Waals surface area contributed by atoms with Crippen LogP contribution in [0.2, 0.25) is 0 Å². The van der Waals surface area contributed by atoms with Crippen molar-refractivity contribution in [2.45, 2.75) is 44.7 Å². The molecule has 4 nitrogen and oxygen atoms in total. The first-order chi connectivity index (χ1) is 8.99. The van der Waals surface area contributed by atoms with E-state index in [4.69, 9.17) is 0 Å². The van der Waals surface area contributed by atoms with Crippen molar-refractivity contribution in [1.29, 1.82) is 0 Å². The molecule has 1 aliphatic heterocycles. The highest BCUT2D eigenvalue weighted by Crippen LogP contribution is 2.21. The van der Waals surface area contributed by atoms with E-state index in [1.54, 1.807) is 0 Å². The van der Waals surface area contributed by atoms with Gasteiger partial charge in [0.25, 0.3) is 0 Å². The number of hydrogen-bond acceptors (Lipinski definition) is 3. The molecule has 0 saturated carbocycles. The van der Waals surface area contributed by atoms with Crippen molar-refractivity contribution in [3.8, 4) is 0 Å². The maximum Gasteiger partial charge on any atom is 0.238 e. The fourth-order valence-corrected chi connectivity index (χ4v) is 2.31. The molecule has 0 bridgehead atoms. The van der Waals surface area contributed by atoms with E-state index in [1.807, 2.05) is 18.2 Å². The van der Waals surface area contributed by atoms with Gasteiger partial charge in [-0.2, -0.15) is 0 Å². The van der Waals surface area contributed by atoms with Crippen LogP contribution in [0.1, 0.15) is 32.8 Å². The van der Waals surface area contributed by atoms with E-state index in [9.17, 15) is 4.79 Å². The molecule has 3 N–H and O–H groups in total. The predicted molar refractivity (Wildman–Crippen MR) is 76.6 cm³/mol. The Labute approximate surface area is 114 Å². The molecule has 0 spiro atoms. The van der Waals surface area contributed by atoms with Crippen molar-refractivity contribution in [1.82, 2.24) is 16.2 Å². The number of benzene rings is 1. The Morgan fingerprint density at radius 1 is 1.32 bits per heavy atom. The Hall–Kier alpha value is -1.39. The van der Waals surface area contributed by atoms with Gasteiger partial charge in [-0.3, -0.25) is 10.2 Å². The highest BCUT2D eigenvalue weighted by atomic mass is 16.2. The van der Waals surface area contributed by atoms with Crippen LogP contribution < -0.4 is 16.2 Å². The summed E-state index contributed by atoms with van der Waals surface area (Å²) in [5, 5.41) is 3.04. The van der Waals surface area contributed by atoms with Gasteiger partial charge in [0.15, 0.2) is 0 Å². The summed E-state index contributed by atoms with van der Waals surface area (Å²) in [6.07, 6.45) is 0.831. The lowest BCUT2D eigenvalue weighted by Crippen LogP contribution is -2.46. The summed E-state index contributed by atoms with van der Waals surface area (Å²) in [6.45, 7) is 6.99.